The van der Waals surface area contributed by atoms with Crippen molar-refractivity contribution in [2.24, 2.45) is 0 Å². The van der Waals surface area contributed by atoms with Crippen molar-refractivity contribution in [3.05, 3.63) is 16.4 Å². The standard InChI is InChI=1S/C11H19N3O/c1-3-13-10(12-7-5-6-8-12)9-11(15)14(13)4-2/h9H,3-8H2,1-2H3. The van der Waals surface area contributed by atoms with Crippen LogP contribution in [0, 0.1) is 0 Å². The first-order valence-electron chi connectivity index (χ1n) is 5.83. The molecule has 0 aliphatic carbocycles. The van der Waals surface area contributed by atoms with Gasteiger partial charge in [-0.1, -0.05) is 0 Å². The lowest BCUT2D eigenvalue weighted by atomic mass is 10.4. The Morgan fingerprint density at radius 2 is 1.73 bits per heavy atom. The van der Waals surface area contributed by atoms with E-state index in [4.69, 9.17) is 0 Å². The van der Waals surface area contributed by atoms with Crippen LogP contribution in [0.15, 0.2) is 10.9 Å². The quantitative estimate of drug-likeness (QED) is 0.751. The van der Waals surface area contributed by atoms with Crippen LogP contribution in [0.3, 0.4) is 0 Å². The van der Waals surface area contributed by atoms with Crippen LogP contribution in [0.1, 0.15) is 26.7 Å². The molecular formula is C11H19N3O. The zero-order valence-electron chi connectivity index (χ0n) is 9.57. The molecule has 1 saturated heterocycles. The zero-order valence-corrected chi connectivity index (χ0v) is 9.57. The van der Waals surface area contributed by atoms with E-state index in [-0.39, 0.29) is 5.56 Å². The molecule has 15 heavy (non-hydrogen) atoms. The van der Waals surface area contributed by atoms with Crippen molar-refractivity contribution in [1.82, 2.24) is 9.36 Å². The number of anilines is 1. The first kappa shape index (κ1) is 10.3. The molecule has 0 amide bonds. The maximum absolute atomic E-state index is 11.7. The minimum Gasteiger partial charge on any atom is -0.357 e. The molecule has 2 rings (SSSR count). The molecule has 1 aliphatic rings. The van der Waals surface area contributed by atoms with Crippen LogP contribution in [-0.4, -0.2) is 22.5 Å². The molecule has 1 fully saturated rings. The third-order valence-electron chi connectivity index (χ3n) is 3.09. The van der Waals surface area contributed by atoms with Gasteiger partial charge in [-0.05, 0) is 26.7 Å². The fraction of sp³-hybridized carbons (Fsp3) is 0.727. The van der Waals surface area contributed by atoms with Crippen LogP contribution >= 0.6 is 0 Å². The summed E-state index contributed by atoms with van der Waals surface area (Å²) in [6.45, 7) is 7.90. The SMILES string of the molecule is CCn1c(N2CCCC2)cc(=O)n1CC. The Kier molecular flexibility index (Phi) is 2.84. The normalized spacial score (nSPS) is 16.3. The van der Waals surface area contributed by atoms with Gasteiger partial charge in [0.2, 0.25) is 0 Å². The molecule has 0 spiro atoms. The Bertz CT molecular complexity index is 385. The Morgan fingerprint density at radius 3 is 2.27 bits per heavy atom. The second-order valence-corrected chi connectivity index (χ2v) is 3.97. The monoisotopic (exact) mass is 209 g/mol. The number of nitrogens with zero attached hydrogens (tertiary/aromatic N) is 3. The fourth-order valence-corrected chi connectivity index (χ4v) is 2.36. The Morgan fingerprint density at radius 1 is 1.13 bits per heavy atom. The Labute approximate surface area is 90.1 Å². The van der Waals surface area contributed by atoms with Gasteiger partial charge < -0.3 is 4.90 Å². The summed E-state index contributed by atoms with van der Waals surface area (Å²) in [4.78, 5) is 14.0. The lowest BCUT2D eigenvalue weighted by Crippen LogP contribution is -2.25. The summed E-state index contributed by atoms with van der Waals surface area (Å²) in [5.74, 6) is 1.10. The van der Waals surface area contributed by atoms with E-state index >= 15 is 0 Å². The van der Waals surface area contributed by atoms with Crippen molar-refractivity contribution < 1.29 is 0 Å². The molecule has 0 aromatic carbocycles. The van der Waals surface area contributed by atoms with E-state index < -0.39 is 0 Å². The van der Waals surface area contributed by atoms with Gasteiger partial charge in [0.25, 0.3) is 5.56 Å². The Balaban J connectivity index is 2.41. The molecule has 0 bridgehead atoms. The van der Waals surface area contributed by atoms with Gasteiger partial charge in [-0.3, -0.25) is 9.48 Å². The lowest BCUT2D eigenvalue weighted by Gasteiger charge is -2.20. The molecule has 2 heterocycles. The average molecular weight is 209 g/mol. The largest absolute Gasteiger partial charge is 0.357 e. The molecule has 0 unspecified atom stereocenters. The highest BCUT2D eigenvalue weighted by Gasteiger charge is 2.18. The smallest absolute Gasteiger partial charge is 0.268 e. The number of hydrogen-bond acceptors (Lipinski definition) is 2. The molecule has 1 aliphatic heterocycles. The van der Waals surface area contributed by atoms with Crippen molar-refractivity contribution in [1.29, 1.82) is 0 Å². The first-order valence-corrected chi connectivity index (χ1v) is 5.83. The van der Waals surface area contributed by atoms with Crippen molar-refractivity contribution >= 4 is 5.82 Å². The van der Waals surface area contributed by atoms with Crippen LogP contribution in [0.4, 0.5) is 5.82 Å². The van der Waals surface area contributed by atoms with E-state index in [9.17, 15) is 4.79 Å². The highest BCUT2D eigenvalue weighted by molar-refractivity contribution is 5.39. The molecule has 0 N–H and O–H groups in total. The van der Waals surface area contributed by atoms with Gasteiger partial charge in [-0.15, -0.1) is 0 Å². The second kappa shape index (κ2) is 4.13. The van der Waals surface area contributed by atoms with E-state index in [1.54, 1.807) is 6.07 Å². The average Bonchev–Trinajstić information content (AvgIpc) is 2.83. The summed E-state index contributed by atoms with van der Waals surface area (Å²) in [6, 6.07) is 1.78. The van der Waals surface area contributed by atoms with Gasteiger partial charge in [0.1, 0.15) is 5.82 Å². The lowest BCUT2D eigenvalue weighted by molar-refractivity contribution is 0.476. The molecule has 1 aromatic heterocycles. The molecule has 0 radical (unpaired) electrons. The topological polar surface area (TPSA) is 30.2 Å². The zero-order chi connectivity index (χ0) is 10.8. The van der Waals surface area contributed by atoms with Gasteiger partial charge >= 0.3 is 0 Å². The third-order valence-corrected chi connectivity index (χ3v) is 3.09. The van der Waals surface area contributed by atoms with Crippen LogP contribution < -0.4 is 10.5 Å². The third kappa shape index (κ3) is 1.68. The van der Waals surface area contributed by atoms with Gasteiger partial charge in [-0.2, -0.15) is 0 Å². The van der Waals surface area contributed by atoms with E-state index in [0.29, 0.717) is 0 Å². The van der Waals surface area contributed by atoms with E-state index in [1.165, 1.54) is 12.8 Å². The summed E-state index contributed by atoms with van der Waals surface area (Å²) in [5, 5.41) is 0. The van der Waals surface area contributed by atoms with Gasteiger partial charge in [-0.25, -0.2) is 4.68 Å². The van der Waals surface area contributed by atoms with Crippen molar-refractivity contribution in [2.45, 2.75) is 39.8 Å². The highest BCUT2D eigenvalue weighted by atomic mass is 16.1. The summed E-state index contributed by atoms with van der Waals surface area (Å²) in [6.07, 6.45) is 2.49. The predicted molar refractivity (Wildman–Crippen MR) is 61.5 cm³/mol. The van der Waals surface area contributed by atoms with Gasteiger partial charge in [0.05, 0.1) is 0 Å². The Hall–Kier alpha value is -1.19. The van der Waals surface area contributed by atoms with Gasteiger partial charge in [0.15, 0.2) is 0 Å². The minimum absolute atomic E-state index is 0.126. The molecular weight excluding hydrogens is 190 g/mol. The molecule has 0 atom stereocenters. The van der Waals surface area contributed by atoms with Gasteiger partial charge in [0, 0.05) is 32.2 Å². The molecule has 1 aromatic rings. The molecule has 0 saturated carbocycles. The van der Waals surface area contributed by atoms with Crippen molar-refractivity contribution in [3.8, 4) is 0 Å². The summed E-state index contributed by atoms with van der Waals surface area (Å²) >= 11 is 0. The summed E-state index contributed by atoms with van der Waals surface area (Å²) in [5.41, 5.74) is 0.126. The molecule has 84 valence electrons. The van der Waals surface area contributed by atoms with E-state index in [2.05, 4.69) is 16.5 Å². The summed E-state index contributed by atoms with van der Waals surface area (Å²) < 4.78 is 3.90. The van der Waals surface area contributed by atoms with Crippen LogP contribution in [0.5, 0.6) is 0 Å². The van der Waals surface area contributed by atoms with Crippen LogP contribution in [0.2, 0.25) is 0 Å². The maximum atomic E-state index is 11.7. The number of hydrogen-bond donors (Lipinski definition) is 0. The highest BCUT2D eigenvalue weighted by Crippen LogP contribution is 2.18. The minimum atomic E-state index is 0.126. The van der Waals surface area contributed by atoms with E-state index in [0.717, 1.165) is 32.0 Å². The predicted octanol–water partition coefficient (Wildman–Crippen LogP) is 1.29. The second-order valence-electron chi connectivity index (χ2n) is 3.97. The number of aromatic nitrogens is 2. The van der Waals surface area contributed by atoms with Crippen LogP contribution in [-0.2, 0) is 13.1 Å². The van der Waals surface area contributed by atoms with Crippen molar-refractivity contribution in [2.75, 3.05) is 18.0 Å². The fourth-order valence-electron chi connectivity index (χ4n) is 2.36. The summed E-state index contributed by atoms with van der Waals surface area (Å²) in [7, 11) is 0. The maximum Gasteiger partial charge on any atom is 0.268 e. The first-order chi connectivity index (χ1) is 7.27. The van der Waals surface area contributed by atoms with Crippen molar-refractivity contribution in [3.63, 3.8) is 0 Å². The molecule has 4 nitrogen and oxygen atoms in total. The number of rotatable bonds is 3. The van der Waals surface area contributed by atoms with Crippen LogP contribution in [0.25, 0.3) is 0 Å². The molecule has 4 heteroatoms. The van der Waals surface area contributed by atoms with E-state index in [1.807, 2.05) is 11.6 Å².